The summed E-state index contributed by atoms with van der Waals surface area (Å²) in [5.41, 5.74) is 5.97. The number of hydrogen-bond acceptors (Lipinski definition) is 1. The summed E-state index contributed by atoms with van der Waals surface area (Å²) in [6.07, 6.45) is 20.3. The third kappa shape index (κ3) is 15.9. The van der Waals surface area contributed by atoms with E-state index in [1.165, 1.54) is 83.5 Å². The van der Waals surface area contributed by atoms with Gasteiger partial charge in [0.2, 0.25) is 0 Å². The topological polar surface area (TPSA) is 26.0 Å². The fourth-order valence-corrected chi connectivity index (χ4v) is 2.65. The molecule has 0 bridgehead atoms. The van der Waals surface area contributed by atoms with Gasteiger partial charge < -0.3 is 5.73 Å². The van der Waals surface area contributed by atoms with Crippen LogP contribution in [0.3, 0.4) is 0 Å². The quantitative estimate of drug-likeness (QED) is 0.361. The molecule has 0 fully saturated rings. The minimum atomic E-state index is 0.403. The highest BCUT2D eigenvalue weighted by Gasteiger charge is 2.00. The van der Waals surface area contributed by atoms with Gasteiger partial charge in [-0.25, -0.2) is 0 Å². The van der Waals surface area contributed by atoms with Crippen molar-refractivity contribution in [1.82, 2.24) is 0 Å². The first kappa shape index (κ1) is 19.0. The molecule has 0 aliphatic rings. The Morgan fingerprint density at radius 2 is 1.11 bits per heavy atom. The van der Waals surface area contributed by atoms with Crippen LogP contribution in [0.15, 0.2) is 0 Å². The van der Waals surface area contributed by atoms with Crippen LogP contribution in [0.2, 0.25) is 0 Å². The summed E-state index contributed by atoms with van der Waals surface area (Å²) >= 11 is 0. The van der Waals surface area contributed by atoms with Crippen molar-refractivity contribution < 1.29 is 0 Å². The van der Waals surface area contributed by atoms with Crippen molar-refractivity contribution in [2.75, 3.05) is 0 Å². The minimum absolute atomic E-state index is 0.403. The molecule has 1 nitrogen and oxygen atoms in total. The standard InChI is InChI=1S/C18H38N/c1-3-5-6-7-8-9-10-11-12-13-14-15-17-18(19)16-4-2/h18H,2-17,19H2,1H3. The zero-order valence-corrected chi connectivity index (χ0v) is 13.5. The van der Waals surface area contributed by atoms with Gasteiger partial charge in [-0.05, 0) is 12.8 Å². The molecule has 0 spiro atoms. The summed E-state index contributed by atoms with van der Waals surface area (Å²) in [4.78, 5) is 0. The average Bonchev–Trinajstić information content (AvgIpc) is 2.40. The molecule has 19 heavy (non-hydrogen) atoms. The molecular formula is C18H38N. The highest BCUT2D eigenvalue weighted by Crippen LogP contribution is 2.13. The van der Waals surface area contributed by atoms with E-state index < -0.39 is 0 Å². The number of nitrogens with two attached hydrogens (primary N) is 1. The van der Waals surface area contributed by atoms with Crippen molar-refractivity contribution in [1.29, 1.82) is 0 Å². The van der Waals surface area contributed by atoms with Gasteiger partial charge >= 0.3 is 0 Å². The molecule has 115 valence electrons. The molecule has 0 aliphatic carbocycles. The summed E-state index contributed by atoms with van der Waals surface area (Å²) in [5.74, 6) is 0. The largest absolute Gasteiger partial charge is 0.328 e. The molecule has 0 aromatic carbocycles. The Labute approximate surface area is 122 Å². The second-order valence-corrected chi connectivity index (χ2v) is 6.08. The van der Waals surface area contributed by atoms with Gasteiger partial charge in [-0.3, -0.25) is 0 Å². The van der Waals surface area contributed by atoms with Crippen molar-refractivity contribution >= 4 is 0 Å². The fourth-order valence-electron chi connectivity index (χ4n) is 2.65. The molecular weight excluding hydrogens is 230 g/mol. The van der Waals surface area contributed by atoms with Gasteiger partial charge in [0, 0.05) is 6.04 Å². The lowest BCUT2D eigenvalue weighted by Gasteiger charge is -2.09. The van der Waals surface area contributed by atoms with E-state index in [2.05, 4.69) is 13.8 Å². The number of rotatable bonds is 15. The lowest BCUT2D eigenvalue weighted by Crippen LogP contribution is -2.18. The van der Waals surface area contributed by atoms with Crippen LogP contribution >= 0.6 is 0 Å². The molecule has 0 rings (SSSR count). The van der Waals surface area contributed by atoms with E-state index in [9.17, 15) is 0 Å². The van der Waals surface area contributed by atoms with E-state index in [0.29, 0.717) is 6.04 Å². The summed E-state index contributed by atoms with van der Waals surface area (Å²) < 4.78 is 0. The van der Waals surface area contributed by atoms with Crippen molar-refractivity contribution in [3.63, 3.8) is 0 Å². The first-order valence-corrected chi connectivity index (χ1v) is 8.86. The van der Waals surface area contributed by atoms with Crippen molar-refractivity contribution in [2.24, 2.45) is 5.73 Å². The van der Waals surface area contributed by atoms with E-state index in [1.54, 1.807) is 0 Å². The first-order valence-electron chi connectivity index (χ1n) is 8.86. The second kappa shape index (κ2) is 16.0. The van der Waals surface area contributed by atoms with Crippen LogP contribution in [-0.4, -0.2) is 6.04 Å². The lowest BCUT2D eigenvalue weighted by molar-refractivity contribution is 0.505. The molecule has 1 atom stereocenters. The van der Waals surface area contributed by atoms with E-state index in [1.807, 2.05) is 0 Å². The minimum Gasteiger partial charge on any atom is -0.328 e. The molecule has 0 heterocycles. The van der Waals surface area contributed by atoms with Crippen molar-refractivity contribution in [3.8, 4) is 0 Å². The molecule has 1 unspecified atom stereocenters. The maximum Gasteiger partial charge on any atom is 0.00388 e. The van der Waals surface area contributed by atoms with Gasteiger partial charge in [-0.2, -0.15) is 0 Å². The monoisotopic (exact) mass is 268 g/mol. The van der Waals surface area contributed by atoms with Crippen LogP contribution in [-0.2, 0) is 0 Å². The molecule has 1 radical (unpaired) electrons. The van der Waals surface area contributed by atoms with E-state index in [-0.39, 0.29) is 0 Å². The average molecular weight is 269 g/mol. The second-order valence-electron chi connectivity index (χ2n) is 6.08. The molecule has 0 saturated heterocycles. The molecule has 0 amide bonds. The zero-order valence-electron chi connectivity index (χ0n) is 13.5. The highest BCUT2D eigenvalue weighted by molar-refractivity contribution is 4.62. The van der Waals surface area contributed by atoms with Gasteiger partial charge in [0.15, 0.2) is 0 Å². The summed E-state index contributed by atoms with van der Waals surface area (Å²) in [5, 5.41) is 0. The van der Waals surface area contributed by atoms with Gasteiger partial charge in [-0.15, -0.1) is 0 Å². The van der Waals surface area contributed by atoms with E-state index in [0.717, 1.165) is 12.8 Å². The van der Waals surface area contributed by atoms with E-state index in [4.69, 9.17) is 5.73 Å². The zero-order chi connectivity index (χ0) is 14.2. The fraction of sp³-hybridized carbons (Fsp3) is 0.944. The number of hydrogen-bond donors (Lipinski definition) is 1. The van der Waals surface area contributed by atoms with Crippen molar-refractivity contribution in [3.05, 3.63) is 6.92 Å². The van der Waals surface area contributed by atoms with Crippen LogP contribution < -0.4 is 5.73 Å². The molecule has 0 aromatic rings. The van der Waals surface area contributed by atoms with E-state index >= 15 is 0 Å². The Kier molecular flexibility index (Phi) is 16.0. The highest BCUT2D eigenvalue weighted by atomic mass is 14.6. The maximum atomic E-state index is 5.97. The Morgan fingerprint density at radius 1 is 0.684 bits per heavy atom. The van der Waals surface area contributed by atoms with Crippen LogP contribution in [0.5, 0.6) is 0 Å². The maximum absolute atomic E-state index is 5.97. The first-order chi connectivity index (χ1) is 9.31. The molecule has 0 aliphatic heterocycles. The Morgan fingerprint density at radius 3 is 1.53 bits per heavy atom. The van der Waals surface area contributed by atoms with Gasteiger partial charge in [0.1, 0.15) is 0 Å². The summed E-state index contributed by atoms with van der Waals surface area (Å²) in [6.45, 7) is 6.14. The van der Waals surface area contributed by atoms with Crippen LogP contribution in [0.25, 0.3) is 0 Å². The van der Waals surface area contributed by atoms with Crippen LogP contribution in [0.1, 0.15) is 103 Å². The lowest BCUT2D eigenvalue weighted by atomic mass is 10.0. The predicted molar refractivity (Wildman–Crippen MR) is 88.3 cm³/mol. The third-order valence-corrected chi connectivity index (χ3v) is 4.00. The SMILES string of the molecule is [CH2]CCC(N)CCCCCCCCCCCCCC. The van der Waals surface area contributed by atoms with Crippen molar-refractivity contribution in [2.45, 2.75) is 109 Å². The molecule has 1 heteroatoms. The van der Waals surface area contributed by atoms with Crippen LogP contribution in [0.4, 0.5) is 0 Å². The van der Waals surface area contributed by atoms with Gasteiger partial charge in [0.05, 0.1) is 0 Å². The van der Waals surface area contributed by atoms with Crippen LogP contribution in [0, 0.1) is 6.92 Å². The summed E-state index contributed by atoms with van der Waals surface area (Å²) in [6, 6.07) is 0.403. The predicted octanol–water partition coefficient (Wildman–Crippen LogP) is 6.02. The number of unbranched alkanes of at least 4 members (excludes halogenated alkanes) is 11. The Balaban J connectivity index is 2.99. The smallest absolute Gasteiger partial charge is 0.00388 e. The van der Waals surface area contributed by atoms with Gasteiger partial charge in [-0.1, -0.05) is 97.3 Å². The van der Waals surface area contributed by atoms with Gasteiger partial charge in [0.25, 0.3) is 0 Å². The Hall–Kier alpha value is -0.0400. The normalized spacial score (nSPS) is 12.8. The Bertz CT molecular complexity index is 156. The summed E-state index contributed by atoms with van der Waals surface area (Å²) in [7, 11) is 0. The molecule has 0 saturated carbocycles. The third-order valence-electron chi connectivity index (χ3n) is 4.00. The molecule has 2 N–H and O–H groups in total. The molecule has 0 aromatic heterocycles.